The second kappa shape index (κ2) is 10.8. The van der Waals surface area contributed by atoms with Crippen LogP contribution in [0.25, 0.3) is 32.9 Å². The molecular weight excluding hydrogens is 559 g/mol. The molecule has 3 aliphatic heterocycles. The molecular formula is C32H34F3N5O3. The molecule has 3 unspecified atom stereocenters. The van der Waals surface area contributed by atoms with Crippen LogP contribution in [0.4, 0.5) is 19.0 Å². The molecule has 2 aromatic carbocycles. The van der Waals surface area contributed by atoms with Crippen LogP contribution in [0.1, 0.15) is 38.2 Å². The third-order valence-electron chi connectivity index (χ3n) is 9.25. The molecule has 1 spiro atoms. The van der Waals surface area contributed by atoms with E-state index in [1.165, 1.54) is 24.4 Å². The lowest BCUT2D eigenvalue weighted by molar-refractivity contribution is -0.151. The summed E-state index contributed by atoms with van der Waals surface area (Å²) in [6.45, 7) is 4.33. The van der Waals surface area contributed by atoms with Crippen molar-refractivity contribution in [2.24, 2.45) is 0 Å². The fraction of sp³-hybridized carbons (Fsp3) is 0.469. The summed E-state index contributed by atoms with van der Waals surface area (Å²) in [7, 11) is 1.84. The monoisotopic (exact) mass is 593 g/mol. The van der Waals surface area contributed by atoms with Crippen LogP contribution in [0, 0.1) is 11.6 Å². The number of hydrogen-bond donors (Lipinski definition) is 1. The summed E-state index contributed by atoms with van der Waals surface area (Å²) in [6, 6.07) is 5.68. The summed E-state index contributed by atoms with van der Waals surface area (Å²) >= 11 is 0. The van der Waals surface area contributed by atoms with Gasteiger partial charge in [0.25, 0.3) is 0 Å². The highest BCUT2D eigenvalue weighted by Gasteiger charge is 2.43. The summed E-state index contributed by atoms with van der Waals surface area (Å²) in [6.07, 6.45) is 4.11. The van der Waals surface area contributed by atoms with Crippen molar-refractivity contribution >= 4 is 27.5 Å². The number of aryl methyl sites for hydroxylation is 1. The first kappa shape index (κ1) is 28.1. The standard InChI is InChI=1S/C32H34F3N5O3/c1-3-22-25(34)6-5-18-11-21(41)13-23(26(18)22)28-27(35)29-24(14-36-28)30(40-9-4-7-32(17-40)8-10-43-32)38-31(37-29)42-16-20-12-19(33)15-39(20)2/h5-6,11,13-14,19-20,41H,3-4,7-10,12,15-17H2,1-2H3. The Morgan fingerprint density at radius 2 is 2.02 bits per heavy atom. The molecule has 8 nitrogen and oxygen atoms in total. The third kappa shape index (κ3) is 4.92. The maximum absolute atomic E-state index is 16.7. The van der Waals surface area contributed by atoms with E-state index in [4.69, 9.17) is 14.5 Å². The highest BCUT2D eigenvalue weighted by molar-refractivity contribution is 6.01. The van der Waals surface area contributed by atoms with Gasteiger partial charge in [0, 0.05) is 43.9 Å². The molecule has 5 heterocycles. The zero-order valence-electron chi connectivity index (χ0n) is 24.2. The second-order valence-corrected chi connectivity index (χ2v) is 12.0. The minimum Gasteiger partial charge on any atom is -0.508 e. The molecule has 7 rings (SSSR count). The predicted molar refractivity (Wildman–Crippen MR) is 157 cm³/mol. The van der Waals surface area contributed by atoms with Gasteiger partial charge in [-0.3, -0.25) is 9.88 Å². The van der Waals surface area contributed by atoms with E-state index in [9.17, 15) is 13.9 Å². The molecule has 4 aromatic rings. The number of benzene rings is 2. The Kier molecular flexibility index (Phi) is 7.04. The number of hydrogen-bond acceptors (Lipinski definition) is 8. The smallest absolute Gasteiger partial charge is 0.319 e. The van der Waals surface area contributed by atoms with Gasteiger partial charge in [0.15, 0.2) is 5.82 Å². The maximum Gasteiger partial charge on any atom is 0.319 e. The number of likely N-dealkylation sites (tertiary alicyclic amines) is 1. The Morgan fingerprint density at radius 1 is 1.19 bits per heavy atom. The number of piperidine rings is 1. The number of nitrogens with zero attached hydrogens (tertiary/aromatic N) is 5. The first-order valence-corrected chi connectivity index (χ1v) is 14.9. The van der Waals surface area contributed by atoms with Crippen molar-refractivity contribution in [3.8, 4) is 23.0 Å². The lowest BCUT2D eigenvalue weighted by Gasteiger charge is -2.48. The van der Waals surface area contributed by atoms with Gasteiger partial charge in [-0.2, -0.15) is 9.97 Å². The largest absolute Gasteiger partial charge is 0.508 e. The normalized spacial score (nSPS) is 24.3. The van der Waals surface area contributed by atoms with Gasteiger partial charge in [0.1, 0.15) is 41.4 Å². The zero-order valence-corrected chi connectivity index (χ0v) is 24.2. The number of alkyl halides is 1. The Labute approximate surface area is 247 Å². The number of halogens is 3. The highest BCUT2D eigenvalue weighted by Crippen LogP contribution is 2.41. The van der Waals surface area contributed by atoms with Gasteiger partial charge < -0.3 is 19.5 Å². The van der Waals surface area contributed by atoms with Crippen LogP contribution in [0.15, 0.2) is 30.5 Å². The maximum atomic E-state index is 16.7. The molecule has 0 radical (unpaired) electrons. The molecule has 226 valence electrons. The number of phenols is 1. The van der Waals surface area contributed by atoms with Gasteiger partial charge in [0.2, 0.25) is 0 Å². The van der Waals surface area contributed by atoms with Crippen molar-refractivity contribution in [2.45, 2.75) is 56.8 Å². The number of phenolic OH excluding ortho intramolecular Hbond substituents is 1. The van der Waals surface area contributed by atoms with Crippen molar-refractivity contribution in [3.63, 3.8) is 0 Å². The number of anilines is 1. The molecule has 3 atom stereocenters. The van der Waals surface area contributed by atoms with Gasteiger partial charge >= 0.3 is 6.01 Å². The number of aromatic nitrogens is 3. The molecule has 3 saturated heterocycles. The van der Waals surface area contributed by atoms with Gasteiger partial charge in [-0.25, -0.2) is 13.2 Å². The fourth-order valence-corrected chi connectivity index (χ4v) is 6.92. The Morgan fingerprint density at radius 3 is 2.74 bits per heavy atom. The minimum atomic E-state index is -0.931. The molecule has 3 aliphatic rings. The molecule has 0 amide bonds. The molecule has 0 bridgehead atoms. The summed E-state index contributed by atoms with van der Waals surface area (Å²) in [5.41, 5.74) is 0.388. The van der Waals surface area contributed by atoms with Gasteiger partial charge in [-0.1, -0.05) is 13.0 Å². The SMILES string of the molecule is CCc1c(F)ccc2cc(O)cc(-c3ncc4c(N5CCCC6(CCO6)C5)nc(OCC5CC(F)CN5C)nc4c3F)c12. The first-order valence-electron chi connectivity index (χ1n) is 14.9. The summed E-state index contributed by atoms with van der Waals surface area (Å²) < 4.78 is 57.6. The van der Waals surface area contributed by atoms with Crippen LogP contribution >= 0.6 is 0 Å². The lowest BCUT2D eigenvalue weighted by atomic mass is 9.86. The highest BCUT2D eigenvalue weighted by atomic mass is 19.1. The van der Waals surface area contributed by atoms with Crippen LogP contribution in [0.3, 0.4) is 0 Å². The van der Waals surface area contributed by atoms with Gasteiger partial charge in [0.05, 0.1) is 17.6 Å². The van der Waals surface area contributed by atoms with Crippen molar-refractivity contribution in [1.29, 1.82) is 0 Å². The second-order valence-electron chi connectivity index (χ2n) is 12.0. The minimum absolute atomic E-state index is 0.00763. The third-order valence-corrected chi connectivity index (χ3v) is 9.25. The quantitative estimate of drug-likeness (QED) is 0.311. The van der Waals surface area contributed by atoms with E-state index in [0.29, 0.717) is 60.0 Å². The van der Waals surface area contributed by atoms with Crippen LogP contribution in [0.2, 0.25) is 0 Å². The number of fused-ring (bicyclic) bond motifs is 2. The van der Waals surface area contributed by atoms with E-state index in [0.717, 1.165) is 25.9 Å². The van der Waals surface area contributed by atoms with Crippen LogP contribution in [0.5, 0.6) is 11.8 Å². The number of pyridine rings is 1. The molecule has 3 fully saturated rings. The van der Waals surface area contributed by atoms with E-state index in [1.807, 2.05) is 18.9 Å². The van der Waals surface area contributed by atoms with Crippen molar-refractivity contribution in [3.05, 3.63) is 47.7 Å². The van der Waals surface area contributed by atoms with Crippen LogP contribution in [-0.4, -0.2) is 82.7 Å². The van der Waals surface area contributed by atoms with E-state index >= 15 is 4.39 Å². The van der Waals surface area contributed by atoms with E-state index in [1.54, 1.807) is 6.07 Å². The van der Waals surface area contributed by atoms with Gasteiger partial charge in [-0.15, -0.1) is 0 Å². The number of likely N-dealkylation sites (N-methyl/N-ethyl adjacent to an activating group) is 1. The van der Waals surface area contributed by atoms with Crippen molar-refractivity contribution in [1.82, 2.24) is 19.9 Å². The molecule has 1 N–H and O–H groups in total. The van der Waals surface area contributed by atoms with Crippen molar-refractivity contribution in [2.75, 3.05) is 44.8 Å². The molecule has 2 aromatic heterocycles. The Hall–Kier alpha value is -3.70. The average molecular weight is 594 g/mol. The fourth-order valence-electron chi connectivity index (χ4n) is 6.92. The number of rotatable bonds is 6. The summed E-state index contributed by atoms with van der Waals surface area (Å²) in [5, 5.41) is 12.0. The molecule has 0 aliphatic carbocycles. The van der Waals surface area contributed by atoms with Crippen molar-refractivity contribution < 1.29 is 27.8 Å². The van der Waals surface area contributed by atoms with E-state index in [2.05, 4.69) is 14.9 Å². The Balaban J connectivity index is 1.37. The van der Waals surface area contributed by atoms with E-state index in [-0.39, 0.29) is 46.8 Å². The molecule has 0 saturated carbocycles. The predicted octanol–water partition coefficient (Wildman–Crippen LogP) is 5.57. The van der Waals surface area contributed by atoms with E-state index < -0.39 is 17.8 Å². The lowest BCUT2D eigenvalue weighted by Crippen LogP contribution is -2.56. The number of aromatic hydroxyl groups is 1. The first-order chi connectivity index (χ1) is 20.7. The topological polar surface area (TPSA) is 83.8 Å². The average Bonchev–Trinajstić information content (AvgIpc) is 3.31. The van der Waals surface area contributed by atoms with Gasteiger partial charge in [-0.05, 0) is 67.3 Å². The molecule has 43 heavy (non-hydrogen) atoms. The summed E-state index contributed by atoms with van der Waals surface area (Å²) in [4.78, 5) is 17.7. The van der Waals surface area contributed by atoms with Crippen LogP contribution < -0.4 is 9.64 Å². The zero-order chi connectivity index (χ0) is 29.9. The molecule has 11 heteroatoms. The summed E-state index contributed by atoms with van der Waals surface area (Å²) in [5.74, 6) is -0.724. The number of ether oxygens (including phenoxy) is 2. The Bertz CT molecular complexity index is 1720. The van der Waals surface area contributed by atoms with Crippen LogP contribution in [-0.2, 0) is 11.2 Å².